The topological polar surface area (TPSA) is 80.7 Å². The third kappa shape index (κ3) is 3.70. The van der Waals surface area contributed by atoms with Crippen LogP contribution in [0.3, 0.4) is 0 Å². The minimum absolute atomic E-state index is 0.137. The van der Waals surface area contributed by atoms with Crippen molar-refractivity contribution in [3.05, 3.63) is 65.7 Å². The summed E-state index contributed by atoms with van der Waals surface area (Å²) in [5.41, 5.74) is 1.39. The first-order chi connectivity index (χ1) is 11.2. The molecule has 0 aliphatic carbocycles. The van der Waals surface area contributed by atoms with Gasteiger partial charge in [0.2, 0.25) is 5.82 Å². The van der Waals surface area contributed by atoms with Gasteiger partial charge < -0.3 is 14.5 Å². The number of hydrogen-bond donors (Lipinski definition) is 1. The Balaban J connectivity index is 1.64. The van der Waals surface area contributed by atoms with E-state index in [1.54, 1.807) is 36.4 Å². The molecule has 0 fully saturated rings. The lowest BCUT2D eigenvalue weighted by molar-refractivity contribution is 0.287. The van der Waals surface area contributed by atoms with Gasteiger partial charge in [0.15, 0.2) is 6.61 Å². The third-order valence-corrected chi connectivity index (χ3v) is 3.01. The minimum Gasteiger partial charge on any atom is -0.485 e. The van der Waals surface area contributed by atoms with Gasteiger partial charge in [-0.3, -0.25) is 0 Å². The monoisotopic (exact) mass is 313 g/mol. The SMILES string of the molecule is O/N=C/c1ccc(OCc2noc(-c3ccc(F)cc3)n2)cc1. The van der Waals surface area contributed by atoms with Crippen molar-refractivity contribution >= 4 is 6.21 Å². The number of halogens is 1. The maximum atomic E-state index is 12.9. The molecule has 0 aliphatic heterocycles. The van der Waals surface area contributed by atoms with Crippen molar-refractivity contribution < 1.29 is 18.9 Å². The molecule has 1 heterocycles. The quantitative estimate of drug-likeness (QED) is 0.444. The molecule has 3 aromatic rings. The Morgan fingerprint density at radius 1 is 1.13 bits per heavy atom. The Hall–Kier alpha value is -3.22. The molecule has 3 rings (SSSR count). The van der Waals surface area contributed by atoms with Crippen molar-refractivity contribution in [2.45, 2.75) is 6.61 Å². The van der Waals surface area contributed by atoms with Gasteiger partial charge in [-0.15, -0.1) is 0 Å². The summed E-state index contributed by atoms with van der Waals surface area (Å²) in [6.07, 6.45) is 1.32. The Bertz CT molecular complexity index is 798. The number of nitrogens with zero attached hydrogens (tertiary/aromatic N) is 3. The van der Waals surface area contributed by atoms with E-state index in [4.69, 9.17) is 14.5 Å². The molecule has 0 saturated carbocycles. The fourth-order valence-corrected chi connectivity index (χ4v) is 1.89. The Kier molecular flexibility index (Phi) is 4.28. The molecule has 116 valence electrons. The number of benzene rings is 2. The summed E-state index contributed by atoms with van der Waals surface area (Å²) >= 11 is 0. The van der Waals surface area contributed by atoms with Crippen LogP contribution < -0.4 is 4.74 Å². The molecule has 2 aromatic carbocycles. The van der Waals surface area contributed by atoms with E-state index in [0.717, 1.165) is 5.56 Å². The van der Waals surface area contributed by atoms with E-state index in [1.165, 1.54) is 18.3 Å². The van der Waals surface area contributed by atoms with Crippen molar-refractivity contribution in [2.75, 3.05) is 0 Å². The highest BCUT2D eigenvalue weighted by atomic mass is 19.1. The lowest BCUT2D eigenvalue weighted by atomic mass is 10.2. The molecule has 7 heteroatoms. The summed E-state index contributed by atoms with van der Waals surface area (Å²) in [6, 6.07) is 12.7. The summed E-state index contributed by atoms with van der Waals surface area (Å²) in [4.78, 5) is 4.19. The van der Waals surface area contributed by atoms with Crippen LogP contribution in [0.15, 0.2) is 58.2 Å². The van der Waals surface area contributed by atoms with Crippen molar-refractivity contribution in [3.8, 4) is 17.2 Å². The van der Waals surface area contributed by atoms with Crippen LogP contribution in [0.1, 0.15) is 11.4 Å². The molecule has 0 radical (unpaired) electrons. The highest BCUT2D eigenvalue weighted by Gasteiger charge is 2.09. The molecular weight excluding hydrogens is 301 g/mol. The number of oxime groups is 1. The lowest BCUT2D eigenvalue weighted by Crippen LogP contribution is -1.97. The molecule has 1 aromatic heterocycles. The standard InChI is InChI=1S/C16H12FN3O3/c17-13-5-3-12(4-6-13)16-19-15(20-23-16)10-22-14-7-1-11(2-8-14)9-18-21/h1-9,21H,10H2/b18-9+. The largest absolute Gasteiger partial charge is 0.485 e. The predicted molar refractivity (Wildman–Crippen MR) is 79.8 cm³/mol. The lowest BCUT2D eigenvalue weighted by Gasteiger charge is -2.02. The first kappa shape index (κ1) is 14.7. The normalized spacial score (nSPS) is 11.0. The maximum Gasteiger partial charge on any atom is 0.258 e. The van der Waals surface area contributed by atoms with Crippen LogP contribution >= 0.6 is 0 Å². The molecule has 0 unspecified atom stereocenters. The van der Waals surface area contributed by atoms with E-state index < -0.39 is 0 Å². The summed E-state index contributed by atoms with van der Waals surface area (Å²) < 4.78 is 23.5. The second-order valence-corrected chi connectivity index (χ2v) is 4.62. The minimum atomic E-state index is -0.327. The summed E-state index contributed by atoms with van der Waals surface area (Å²) in [5, 5.41) is 15.2. The summed E-state index contributed by atoms with van der Waals surface area (Å²) in [5.74, 6) is 0.975. The van der Waals surface area contributed by atoms with Crippen LogP contribution in [0, 0.1) is 5.82 Å². The molecule has 0 amide bonds. The van der Waals surface area contributed by atoms with Crippen molar-refractivity contribution in [1.82, 2.24) is 10.1 Å². The zero-order chi connectivity index (χ0) is 16.1. The van der Waals surface area contributed by atoms with E-state index in [2.05, 4.69) is 15.3 Å². The number of hydrogen-bond acceptors (Lipinski definition) is 6. The molecule has 0 saturated heterocycles. The highest BCUT2D eigenvalue weighted by molar-refractivity contribution is 5.79. The molecule has 0 spiro atoms. The van der Waals surface area contributed by atoms with Gasteiger partial charge >= 0.3 is 0 Å². The van der Waals surface area contributed by atoms with Crippen molar-refractivity contribution in [2.24, 2.45) is 5.16 Å². The maximum absolute atomic E-state index is 12.9. The van der Waals surface area contributed by atoms with E-state index >= 15 is 0 Å². The first-order valence-corrected chi connectivity index (χ1v) is 6.73. The second kappa shape index (κ2) is 6.69. The third-order valence-electron chi connectivity index (χ3n) is 3.01. The Labute approximate surface area is 130 Å². The van der Waals surface area contributed by atoms with Crippen LogP contribution in [0.4, 0.5) is 4.39 Å². The molecule has 1 N–H and O–H groups in total. The van der Waals surface area contributed by atoms with Crippen LogP contribution in [0.25, 0.3) is 11.5 Å². The van der Waals surface area contributed by atoms with E-state index in [-0.39, 0.29) is 12.4 Å². The van der Waals surface area contributed by atoms with Crippen LogP contribution in [-0.4, -0.2) is 21.6 Å². The summed E-state index contributed by atoms with van der Waals surface area (Å²) in [6.45, 7) is 0.137. The van der Waals surface area contributed by atoms with Crippen molar-refractivity contribution in [1.29, 1.82) is 0 Å². The summed E-state index contributed by atoms with van der Waals surface area (Å²) in [7, 11) is 0. The number of ether oxygens (including phenoxy) is 1. The van der Waals surface area contributed by atoms with Gasteiger partial charge in [-0.25, -0.2) is 4.39 Å². The average molecular weight is 313 g/mol. The van der Waals surface area contributed by atoms with Gasteiger partial charge in [-0.05, 0) is 54.1 Å². The fraction of sp³-hybridized carbons (Fsp3) is 0.0625. The van der Waals surface area contributed by atoms with Crippen LogP contribution in [0.2, 0.25) is 0 Å². The molecule has 23 heavy (non-hydrogen) atoms. The number of rotatable bonds is 5. The Morgan fingerprint density at radius 3 is 2.57 bits per heavy atom. The second-order valence-electron chi connectivity index (χ2n) is 4.62. The smallest absolute Gasteiger partial charge is 0.258 e. The van der Waals surface area contributed by atoms with E-state index in [9.17, 15) is 4.39 Å². The molecule has 0 aliphatic rings. The predicted octanol–water partition coefficient (Wildman–Crippen LogP) is 3.26. The molecule has 0 bridgehead atoms. The molecule has 0 atom stereocenters. The van der Waals surface area contributed by atoms with Gasteiger partial charge in [0.05, 0.1) is 6.21 Å². The average Bonchev–Trinajstić information content (AvgIpc) is 3.04. The van der Waals surface area contributed by atoms with E-state index in [0.29, 0.717) is 23.0 Å². The zero-order valence-electron chi connectivity index (χ0n) is 11.9. The molecule has 6 nitrogen and oxygen atoms in total. The fourth-order valence-electron chi connectivity index (χ4n) is 1.89. The van der Waals surface area contributed by atoms with E-state index in [1.807, 2.05) is 0 Å². The highest BCUT2D eigenvalue weighted by Crippen LogP contribution is 2.18. The van der Waals surface area contributed by atoms with Gasteiger partial charge in [-0.2, -0.15) is 4.98 Å². The van der Waals surface area contributed by atoms with Gasteiger partial charge in [0.25, 0.3) is 5.89 Å². The van der Waals surface area contributed by atoms with Gasteiger partial charge in [-0.1, -0.05) is 10.3 Å². The zero-order valence-corrected chi connectivity index (χ0v) is 11.9. The van der Waals surface area contributed by atoms with Crippen molar-refractivity contribution in [3.63, 3.8) is 0 Å². The van der Waals surface area contributed by atoms with Crippen LogP contribution in [-0.2, 0) is 6.61 Å². The molecular formula is C16H12FN3O3. The Morgan fingerprint density at radius 2 is 1.87 bits per heavy atom. The van der Waals surface area contributed by atoms with Gasteiger partial charge in [0, 0.05) is 5.56 Å². The number of aromatic nitrogens is 2. The van der Waals surface area contributed by atoms with Gasteiger partial charge in [0.1, 0.15) is 11.6 Å². The van der Waals surface area contributed by atoms with Crippen LogP contribution in [0.5, 0.6) is 5.75 Å². The first-order valence-electron chi connectivity index (χ1n) is 6.73.